The maximum atomic E-state index is 4.56. The second-order valence-corrected chi connectivity index (χ2v) is 3.80. The summed E-state index contributed by atoms with van der Waals surface area (Å²) >= 11 is 0. The molecule has 0 saturated heterocycles. The highest BCUT2D eigenvalue weighted by Gasteiger charge is 2.21. The minimum Gasteiger partial charge on any atom is -0.370 e. The first kappa shape index (κ1) is 9.31. The van der Waals surface area contributed by atoms with Crippen LogP contribution in [-0.2, 0) is 12.8 Å². The van der Waals surface area contributed by atoms with E-state index >= 15 is 0 Å². The summed E-state index contributed by atoms with van der Waals surface area (Å²) in [5.41, 5.74) is 3.63. The third kappa shape index (κ3) is 1.33. The third-order valence-corrected chi connectivity index (χ3v) is 2.61. The van der Waals surface area contributed by atoms with E-state index in [1.807, 2.05) is 11.6 Å². The number of hydrogen-bond donors (Lipinski definition) is 1. The molecule has 0 bridgehead atoms. The number of aromatic nitrogens is 2. The van der Waals surface area contributed by atoms with Gasteiger partial charge in [-0.3, -0.25) is 0 Å². The maximum absolute atomic E-state index is 4.56. The second kappa shape index (κ2) is 3.48. The molecule has 1 aliphatic carbocycles. The van der Waals surface area contributed by atoms with E-state index in [0.29, 0.717) is 0 Å². The summed E-state index contributed by atoms with van der Waals surface area (Å²) < 4.78 is 1.94. The summed E-state index contributed by atoms with van der Waals surface area (Å²) in [6.45, 7) is 8.97. The molecule has 1 aliphatic rings. The number of nitrogens with zero attached hydrogens (tertiary/aromatic N) is 2. The zero-order valence-corrected chi connectivity index (χ0v) is 8.93. The van der Waals surface area contributed by atoms with Crippen molar-refractivity contribution in [3.05, 3.63) is 17.8 Å². The van der Waals surface area contributed by atoms with Crippen molar-refractivity contribution in [2.45, 2.75) is 33.1 Å². The van der Waals surface area contributed by atoms with Crippen molar-refractivity contribution < 1.29 is 0 Å². The number of allylic oxidation sites excluding steroid dienone is 1. The Kier molecular flexibility index (Phi) is 2.32. The molecule has 76 valence electrons. The fourth-order valence-corrected chi connectivity index (χ4v) is 2.02. The predicted molar refractivity (Wildman–Crippen MR) is 59.4 cm³/mol. The molecule has 0 aromatic carbocycles. The standard InChI is InChI=1S/C11H17N3/c1-4-12-11-9-6-5-7-10(9)13-14(11)8(2)3/h12H,2,4-7H2,1,3H3. The first-order valence-electron chi connectivity index (χ1n) is 5.24. The Morgan fingerprint density at radius 2 is 2.36 bits per heavy atom. The van der Waals surface area contributed by atoms with E-state index in [4.69, 9.17) is 0 Å². The topological polar surface area (TPSA) is 29.9 Å². The molecule has 0 spiro atoms. The molecule has 0 fully saturated rings. The zero-order valence-electron chi connectivity index (χ0n) is 8.93. The lowest BCUT2D eigenvalue weighted by atomic mass is 10.2. The fourth-order valence-electron chi connectivity index (χ4n) is 2.02. The number of rotatable bonds is 3. The number of fused-ring (bicyclic) bond motifs is 1. The SMILES string of the molecule is C=C(C)n1nc2c(c1NCC)CCC2. The highest BCUT2D eigenvalue weighted by atomic mass is 15.3. The summed E-state index contributed by atoms with van der Waals surface area (Å²) in [5.74, 6) is 1.16. The van der Waals surface area contributed by atoms with Crippen LogP contribution < -0.4 is 5.32 Å². The molecule has 1 heterocycles. The van der Waals surface area contributed by atoms with Gasteiger partial charge in [0.25, 0.3) is 0 Å². The number of hydrogen-bond acceptors (Lipinski definition) is 2. The molecule has 2 rings (SSSR count). The summed E-state index contributed by atoms with van der Waals surface area (Å²) in [6.07, 6.45) is 3.52. The van der Waals surface area contributed by atoms with Gasteiger partial charge in [0.05, 0.1) is 5.69 Å². The van der Waals surface area contributed by atoms with Crippen molar-refractivity contribution in [1.29, 1.82) is 0 Å². The van der Waals surface area contributed by atoms with Crippen molar-refractivity contribution in [2.75, 3.05) is 11.9 Å². The second-order valence-electron chi connectivity index (χ2n) is 3.80. The lowest BCUT2D eigenvalue weighted by Crippen LogP contribution is -2.07. The third-order valence-electron chi connectivity index (χ3n) is 2.61. The van der Waals surface area contributed by atoms with E-state index in [1.54, 1.807) is 0 Å². The highest BCUT2D eigenvalue weighted by Crippen LogP contribution is 2.29. The minimum atomic E-state index is 0.936. The molecular weight excluding hydrogens is 174 g/mol. The van der Waals surface area contributed by atoms with Gasteiger partial charge in [-0.1, -0.05) is 6.58 Å². The van der Waals surface area contributed by atoms with Crippen molar-refractivity contribution in [2.24, 2.45) is 0 Å². The predicted octanol–water partition coefficient (Wildman–Crippen LogP) is 2.29. The van der Waals surface area contributed by atoms with Crippen LogP contribution in [0.5, 0.6) is 0 Å². The molecule has 1 aromatic rings. The van der Waals surface area contributed by atoms with Crippen LogP contribution in [0.15, 0.2) is 6.58 Å². The minimum absolute atomic E-state index is 0.936. The van der Waals surface area contributed by atoms with Crippen LogP contribution in [0.1, 0.15) is 31.5 Å². The van der Waals surface area contributed by atoms with Crippen LogP contribution in [0.2, 0.25) is 0 Å². The quantitative estimate of drug-likeness (QED) is 0.794. The van der Waals surface area contributed by atoms with E-state index in [2.05, 4.69) is 23.9 Å². The molecule has 1 aromatic heterocycles. The van der Waals surface area contributed by atoms with Gasteiger partial charge in [0, 0.05) is 17.8 Å². The van der Waals surface area contributed by atoms with Gasteiger partial charge in [0.1, 0.15) is 5.82 Å². The summed E-state index contributed by atoms with van der Waals surface area (Å²) in [5, 5.41) is 7.94. The van der Waals surface area contributed by atoms with Crippen LogP contribution in [0.3, 0.4) is 0 Å². The fraction of sp³-hybridized carbons (Fsp3) is 0.545. The molecule has 0 unspecified atom stereocenters. The molecule has 3 nitrogen and oxygen atoms in total. The van der Waals surface area contributed by atoms with Gasteiger partial charge in [0.15, 0.2) is 0 Å². The van der Waals surface area contributed by atoms with E-state index < -0.39 is 0 Å². The monoisotopic (exact) mass is 191 g/mol. The molecule has 14 heavy (non-hydrogen) atoms. The van der Waals surface area contributed by atoms with Gasteiger partial charge in [-0.05, 0) is 33.1 Å². The van der Waals surface area contributed by atoms with Crippen molar-refractivity contribution in [3.8, 4) is 0 Å². The Bertz CT molecular complexity index is 363. The Hall–Kier alpha value is -1.25. The van der Waals surface area contributed by atoms with Crippen LogP contribution in [0.25, 0.3) is 5.70 Å². The average Bonchev–Trinajstić information content (AvgIpc) is 2.67. The van der Waals surface area contributed by atoms with E-state index in [1.165, 1.54) is 17.7 Å². The van der Waals surface area contributed by atoms with Gasteiger partial charge in [-0.15, -0.1) is 0 Å². The van der Waals surface area contributed by atoms with Crippen LogP contribution >= 0.6 is 0 Å². The maximum Gasteiger partial charge on any atom is 0.132 e. The van der Waals surface area contributed by atoms with Crippen molar-refractivity contribution in [1.82, 2.24) is 9.78 Å². The largest absolute Gasteiger partial charge is 0.370 e. The first-order chi connectivity index (χ1) is 6.74. The van der Waals surface area contributed by atoms with E-state index in [-0.39, 0.29) is 0 Å². The van der Waals surface area contributed by atoms with Crippen LogP contribution in [0, 0.1) is 0 Å². The lowest BCUT2D eigenvalue weighted by Gasteiger charge is -2.09. The van der Waals surface area contributed by atoms with Gasteiger partial charge >= 0.3 is 0 Å². The first-order valence-corrected chi connectivity index (χ1v) is 5.24. The molecule has 0 radical (unpaired) electrons. The number of nitrogens with one attached hydrogen (secondary N) is 1. The Balaban J connectivity index is 2.45. The van der Waals surface area contributed by atoms with Crippen LogP contribution in [-0.4, -0.2) is 16.3 Å². The van der Waals surface area contributed by atoms with Gasteiger partial charge in [0.2, 0.25) is 0 Å². The molecular formula is C11H17N3. The van der Waals surface area contributed by atoms with Crippen molar-refractivity contribution >= 4 is 11.5 Å². The molecule has 0 atom stereocenters. The lowest BCUT2D eigenvalue weighted by molar-refractivity contribution is 0.810. The Morgan fingerprint density at radius 3 is 3.00 bits per heavy atom. The van der Waals surface area contributed by atoms with Gasteiger partial charge in [-0.2, -0.15) is 5.10 Å². The highest BCUT2D eigenvalue weighted by molar-refractivity contribution is 5.57. The molecule has 1 N–H and O–H groups in total. The Labute approximate surface area is 84.8 Å². The molecule has 0 aliphatic heterocycles. The molecule has 3 heteroatoms. The summed E-state index contributed by atoms with van der Waals surface area (Å²) in [6, 6.07) is 0. The Morgan fingerprint density at radius 1 is 1.57 bits per heavy atom. The normalized spacial score (nSPS) is 14.1. The van der Waals surface area contributed by atoms with Gasteiger partial charge in [-0.25, -0.2) is 4.68 Å². The summed E-state index contributed by atoms with van der Waals surface area (Å²) in [4.78, 5) is 0. The van der Waals surface area contributed by atoms with E-state index in [9.17, 15) is 0 Å². The number of aryl methyl sites for hydroxylation is 1. The molecule has 0 amide bonds. The van der Waals surface area contributed by atoms with Crippen LogP contribution in [0.4, 0.5) is 5.82 Å². The zero-order chi connectivity index (χ0) is 10.1. The van der Waals surface area contributed by atoms with Gasteiger partial charge < -0.3 is 5.32 Å². The van der Waals surface area contributed by atoms with Crippen molar-refractivity contribution in [3.63, 3.8) is 0 Å². The summed E-state index contributed by atoms with van der Waals surface area (Å²) in [7, 11) is 0. The average molecular weight is 191 g/mol. The number of anilines is 1. The molecule has 0 saturated carbocycles. The smallest absolute Gasteiger partial charge is 0.132 e. The van der Waals surface area contributed by atoms with E-state index in [0.717, 1.165) is 30.9 Å².